The zero-order chi connectivity index (χ0) is 15.7. The molecule has 1 aliphatic rings. The third kappa shape index (κ3) is 2.47. The maximum atomic E-state index is 12.4. The number of anilines is 1. The molecule has 1 atom stereocenters. The fraction of sp³-hybridized carbons (Fsp3) is 0.312. The number of carbonyl (C=O) groups is 2. The van der Waals surface area contributed by atoms with Crippen LogP contribution in [0.1, 0.15) is 28.5 Å². The monoisotopic (exact) mass is 298 g/mol. The molecule has 0 saturated heterocycles. The minimum absolute atomic E-state index is 0.193. The first-order chi connectivity index (χ1) is 10.6. The highest BCUT2D eigenvalue weighted by Gasteiger charge is 2.28. The molecular weight excluding hydrogens is 280 g/mol. The standard InChI is InChI=1S/C16H18N4O2/c1-3-14-11(5-7-20(14)2)15(21)19-13-8-10-9-17-6-4-12(10)18-16(13)22/h4-7,9,13H,3,8H2,1-2H3,(H,18,22)(H,19,21)/t13-/m0/s1. The normalized spacial score (nSPS) is 16.8. The van der Waals surface area contributed by atoms with Crippen LogP contribution in [0.2, 0.25) is 0 Å². The van der Waals surface area contributed by atoms with Gasteiger partial charge in [0.15, 0.2) is 0 Å². The number of fused-ring (bicyclic) bond motifs is 1. The van der Waals surface area contributed by atoms with Crippen LogP contribution < -0.4 is 10.6 Å². The van der Waals surface area contributed by atoms with Crippen LogP contribution in [0.4, 0.5) is 5.69 Å². The summed E-state index contributed by atoms with van der Waals surface area (Å²) in [4.78, 5) is 28.6. The molecule has 6 nitrogen and oxygen atoms in total. The summed E-state index contributed by atoms with van der Waals surface area (Å²) >= 11 is 0. The van der Waals surface area contributed by atoms with E-state index in [0.29, 0.717) is 12.0 Å². The smallest absolute Gasteiger partial charge is 0.253 e. The molecule has 0 spiro atoms. The molecule has 0 saturated carbocycles. The third-order valence-electron chi connectivity index (χ3n) is 3.99. The minimum atomic E-state index is -0.575. The number of pyridine rings is 1. The molecule has 1 aliphatic heterocycles. The number of hydrogen-bond donors (Lipinski definition) is 2. The second-order valence-electron chi connectivity index (χ2n) is 5.39. The van der Waals surface area contributed by atoms with Crippen molar-refractivity contribution in [1.82, 2.24) is 14.9 Å². The number of carbonyl (C=O) groups excluding carboxylic acids is 2. The third-order valence-corrected chi connectivity index (χ3v) is 3.99. The van der Waals surface area contributed by atoms with Crippen LogP contribution in [0.5, 0.6) is 0 Å². The van der Waals surface area contributed by atoms with E-state index in [1.807, 2.05) is 24.7 Å². The Morgan fingerprint density at radius 2 is 2.32 bits per heavy atom. The summed E-state index contributed by atoms with van der Waals surface area (Å²) in [5.74, 6) is -0.411. The molecule has 0 aliphatic carbocycles. The van der Waals surface area contributed by atoms with Crippen molar-refractivity contribution in [3.05, 3.63) is 47.5 Å². The van der Waals surface area contributed by atoms with Crippen molar-refractivity contribution in [3.8, 4) is 0 Å². The minimum Gasteiger partial charge on any atom is -0.354 e. The number of amides is 2. The van der Waals surface area contributed by atoms with E-state index in [2.05, 4.69) is 15.6 Å². The average Bonchev–Trinajstić information content (AvgIpc) is 2.89. The van der Waals surface area contributed by atoms with Gasteiger partial charge in [-0.1, -0.05) is 6.92 Å². The Balaban J connectivity index is 1.79. The Kier molecular flexibility index (Phi) is 3.66. The molecule has 6 heteroatoms. The van der Waals surface area contributed by atoms with Crippen LogP contribution in [0.15, 0.2) is 30.7 Å². The predicted molar refractivity (Wildman–Crippen MR) is 82.6 cm³/mol. The summed E-state index contributed by atoms with van der Waals surface area (Å²) in [5, 5.41) is 5.62. The van der Waals surface area contributed by atoms with Crippen molar-refractivity contribution >= 4 is 17.5 Å². The highest BCUT2D eigenvalue weighted by Crippen LogP contribution is 2.21. The molecule has 0 aromatic carbocycles. The molecule has 2 N–H and O–H groups in total. The summed E-state index contributed by atoms with van der Waals surface area (Å²) in [6.07, 6.45) is 6.42. The summed E-state index contributed by atoms with van der Waals surface area (Å²) in [6, 6.07) is 2.97. The van der Waals surface area contributed by atoms with E-state index >= 15 is 0 Å². The summed E-state index contributed by atoms with van der Waals surface area (Å²) in [7, 11) is 1.91. The Hall–Kier alpha value is -2.63. The van der Waals surface area contributed by atoms with Crippen LogP contribution in [-0.4, -0.2) is 27.4 Å². The summed E-state index contributed by atoms with van der Waals surface area (Å²) in [5.41, 5.74) is 3.27. The van der Waals surface area contributed by atoms with Gasteiger partial charge in [0, 0.05) is 43.4 Å². The Morgan fingerprint density at radius 3 is 3.09 bits per heavy atom. The summed E-state index contributed by atoms with van der Waals surface area (Å²) < 4.78 is 1.93. The number of aryl methyl sites for hydroxylation is 1. The van der Waals surface area contributed by atoms with Gasteiger partial charge in [0.2, 0.25) is 5.91 Å². The van der Waals surface area contributed by atoms with Crippen molar-refractivity contribution in [2.45, 2.75) is 25.8 Å². The van der Waals surface area contributed by atoms with Crippen LogP contribution >= 0.6 is 0 Å². The molecule has 3 heterocycles. The molecule has 0 fully saturated rings. The highest BCUT2D eigenvalue weighted by molar-refractivity contribution is 6.03. The van der Waals surface area contributed by atoms with Gasteiger partial charge in [0.25, 0.3) is 5.91 Å². The maximum Gasteiger partial charge on any atom is 0.253 e. The maximum absolute atomic E-state index is 12.4. The van der Waals surface area contributed by atoms with Gasteiger partial charge in [-0.25, -0.2) is 0 Å². The van der Waals surface area contributed by atoms with Crippen LogP contribution in [0, 0.1) is 0 Å². The molecule has 22 heavy (non-hydrogen) atoms. The Bertz CT molecular complexity index is 735. The van der Waals surface area contributed by atoms with E-state index in [0.717, 1.165) is 23.4 Å². The van der Waals surface area contributed by atoms with Gasteiger partial charge in [0.05, 0.1) is 5.56 Å². The largest absolute Gasteiger partial charge is 0.354 e. The molecule has 2 aromatic rings. The fourth-order valence-corrected chi connectivity index (χ4v) is 2.81. The molecule has 2 amide bonds. The first kappa shape index (κ1) is 14.3. The molecule has 0 unspecified atom stereocenters. The second kappa shape index (κ2) is 5.63. The lowest BCUT2D eigenvalue weighted by Gasteiger charge is -2.25. The average molecular weight is 298 g/mol. The first-order valence-corrected chi connectivity index (χ1v) is 7.29. The lowest BCUT2D eigenvalue weighted by molar-refractivity contribution is -0.118. The molecule has 3 rings (SSSR count). The molecule has 2 aromatic heterocycles. The lowest BCUT2D eigenvalue weighted by atomic mass is 10.0. The van der Waals surface area contributed by atoms with E-state index in [9.17, 15) is 9.59 Å². The number of rotatable bonds is 3. The first-order valence-electron chi connectivity index (χ1n) is 7.29. The molecule has 0 radical (unpaired) electrons. The van der Waals surface area contributed by atoms with Crippen molar-refractivity contribution in [1.29, 1.82) is 0 Å². The zero-order valence-corrected chi connectivity index (χ0v) is 12.6. The van der Waals surface area contributed by atoms with E-state index in [4.69, 9.17) is 0 Å². The molecule has 0 bridgehead atoms. The van der Waals surface area contributed by atoms with Gasteiger partial charge in [-0.3, -0.25) is 14.6 Å². The number of nitrogens with one attached hydrogen (secondary N) is 2. The number of nitrogens with zero attached hydrogens (tertiary/aromatic N) is 2. The second-order valence-corrected chi connectivity index (χ2v) is 5.39. The quantitative estimate of drug-likeness (QED) is 0.896. The van der Waals surface area contributed by atoms with Crippen LogP contribution in [0.3, 0.4) is 0 Å². The van der Waals surface area contributed by atoms with Gasteiger partial charge in [-0.2, -0.15) is 0 Å². The van der Waals surface area contributed by atoms with Gasteiger partial charge < -0.3 is 15.2 Å². The van der Waals surface area contributed by atoms with Gasteiger partial charge in [-0.15, -0.1) is 0 Å². The van der Waals surface area contributed by atoms with E-state index in [-0.39, 0.29) is 11.8 Å². The predicted octanol–water partition coefficient (Wildman–Crippen LogP) is 1.28. The van der Waals surface area contributed by atoms with Gasteiger partial charge >= 0.3 is 0 Å². The summed E-state index contributed by atoms with van der Waals surface area (Å²) in [6.45, 7) is 2.00. The number of hydrogen-bond acceptors (Lipinski definition) is 3. The van der Waals surface area contributed by atoms with Crippen LogP contribution in [-0.2, 0) is 24.7 Å². The van der Waals surface area contributed by atoms with Gasteiger partial charge in [-0.05, 0) is 24.1 Å². The van der Waals surface area contributed by atoms with E-state index in [1.165, 1.54) is 0 Å². The van der Waals surface area contributed by atoms with Gasteiger partial charge in [0.1, 0.15) is 6.04 Å². The lowest BCUT2D eigenvalue weighted by Crippen LogP contribution is -2.47. The van der Waals surface area contributed by atoms with E-state index in [1.54, 1.807) is 24.5 Å². The number of aromatic nitrogens is 2. The molecular formula is C16H18N4O2. The fourth-order valence-electron chi connectivity index (χ4n) is 2.81. The van der Waals surface area contributed by atoms with Crippen molar-refractivity contribution in [2.75, 3.05) is 5.32 Å². The van der Waals surface area contributed by atoms with Crippen molar-refractivity contribution < 1.29 is 9.59 Å². The Morgan fingerprint density at radius 1 is 1.50 bits per heavy atom. The van der Waals surface area contributed by atoms with Crippen molar-refractivity contribution in [2.24, 2.45) is 7.05 Å². The highest BCUT2D eigenvalue weighted by atomic mass is 16.2. The zero-order valence-electron chi connectivity index (χ0n) is 12.6. The Labute approximate surface area is 128 Å². The van der Waals surface area contributed by atoms with E-state index < -0.39 is 6.04 Å². The van der Waals surface area contributed by atoms with Crippen molar-refractivity contribution in [3.63, 3.8) is 0 Å². The molecule has 114 valence electrons. The SMILES string of the molecule is CCc1c(C(=O)N[C@H]2Cc3cnccc3NC2=O)ccn1C. The topological polar surface area (TPSA) is 76.0 Å². The van der Waals surface area contributed by atoms with Crippen LogP contribution in [0.25, 0.3) is 0 Å².